The van der Waals surface area contributed by atoms with Gasteiger partial charge in [0.2, 0.25) is 0 Å². The summed E-state index contributed by atoms with van der Waals surface area (Å²) in [7, 11) is 5.29. The largest absolute Gasteiger partial charge is 0.467 e. The van der Waals surface area contributed by atoms with Gasteiger partial charge in [-0.25, -0.2) is 9.58 Å². The first-order valence-electron chi connectivity index (χ1n) is 5.61. The van der Waals surface area contributed by atoms with E-state index >= 15 is 0 Å². The first kappa shape index (κ1) is 12.1. The molecule has 0 spiro atoms. The molecule has 2 heterocycles. The Morgan fingerprint density at radius 2 is 1.94 bits per heavy atom. The summed E-state index contributed by atoms with van der Waals surface area (Å²) in [4.78, 5) is 8.46. The van der Waals surface area contributed by atoms with E-state index in [4.69, 9.17) is 14.2 Å². The highest BCUT2D eigenvalue weighted by Gasteiger charge is 2.38. The number of hydrogen-bond donors (Lipinski definition) is 0. The number of quaternary nitrogens is 1. The second-order valence-corrected chi connectivity index (χ2v) is 4.18. The van der Waals surface area contributed by atoms with Gasteiger partial charge in [0, 0.05) is 0 Å². The Morgan fingerprint density at radius 3 is 2.53 bits per heavy atom. The van der Waals surface area contributed by atoms with Crippen LogP contribution in [0.4, 0.5) is 0 Å². The summed E-state index contributed by atoms with van der Waals surface area (Å²) >= 11 is 0. The van der Waals surface area contributed by atoms with E-state index in [1.807, 2.05) is 5.01 Å². The van der Waals surface area contributed by atoms with Crippen molar-refractivity contribution in [1.82, 2.24) is 5.01 Å². The van der Waals surface area contributed by atoms with Gasteiger partial charge >= 0.3 is 12.0 Å². The number of morpholine rings is 1. The summed E-state index contributed by atoms with van der Waals surface area (Å²) in [6.45, 7) is 3.75. The maximum Gasteiger partial charge on any atom is 0.344 e. The molecule has 2 rings (SSSR count). The van der Waals surface area contributed by atoms with Crippen LogP contribution in [0.5, 0.6) is 0 Å². The smallest absolute Gasteiger partial charge is 0.344 e. The van der Waals surface area contributed by atoms with E-state index in [-0.39, 0.29) is 0 Å². The van der Waals surface area contributed by atoms with E-state index < -0.39 is 0 Å². The minimum Gasteiger partial charge on any atom is -0.467 e. The molecule has 0 atom stereocenters. The van der Waals surface area contributed by atoms with Gasteiger partial charge in [0.15, 0.2) is 6.67 Å². The average Bonchev–Trinajstić information content (AvgIpc) is 2.38. The Kier molecular flexibility index (Phi) is 3.49. The fourth-order valence-electron chi connectivity index (χ4n) is 1.96. The number of rotatable bonds is 1. The van der Waals surface area contributed by atoms with E-state index in [2.05, 4.69) is 17.0 Å². The zero-order valence-electron chi connectivity index (χ0n) is 10.5. The first-order valence-corrected chi connectivity index (χ1v) is 5.61. The van der Waals surface area contributed by atoms with Gasteiger partial charge in [-0.3, -0.25) is 0 Å². The van der Waals surface area contributed by atoms with Gasteiger partial charge in [-0.1, -0.05) is 0 Å². The lowest BCUT2D eigenvalue weighted by atomic mass is 10.4. The van der Waals surface area contributed by atoms with E-state index in [0.717, 1.165) is 26.3 Å². The van der Waals surface area contributed by atoms with Gasteiger partial charge in [-0.15, -0.1) is 10.0 Å². The molecule has 0 bridgehead atoms. The van der Waals surface area contributed by atoms with Crippen molar-refractivity contribution in [2.24, 2.45) is 9.98 Å². The molecule has 96 valence electrons. The third kappa shape index (κ3) is 2.34. The summed E-state index contributed by atoms with van der Waals surface area (Å²) in [6.07, 6.45) is 0. The lowest BCUT2D eigenvalue weighted by Crippen LogP contribution is -2.65. The molecule has 0 aromatic heterocycles. The van der Waals surface area contributed by atoms with E-state index in [1.54, 1.807) is 14.2 Å². The number of hydrogen-bond acceptors (Lipinski definition) is 6. The molecule has 2 aliphatic rings. The Bertz CT molecular complexity index is 336. The van der Waals surface area contributed by atoms with Crippen molar-refractivity contribution < 1.29 is 18.8 Å². The molecule has 0 saturated carbocycles. The molecule has 0 N–H and O–H groups in total. The topological polar surface area (TPSA) is 55.7 Å². The molecule has 2 aliphatic heterocycles. The predicted molar refractivity (Wildman–Crippen MR) is 62.3 cm³/mol. The van der Waals surface area contributed by atoms with Gasteiger partial charge in [-0.2, -0.15) is 0 Å². The average molecular weight is 243 g/mol. The molecule has 7 heteroatoms. The molecule has 7 nitrogen and oxygen atoms in total. The molecule has 0 amide bonds. The number of nitrogens with zero attached hydrogens (tertiary/aromatic N) is 4. The number of methoxy groups -OCH3 is 2. The number of aliphatic imine (C=N–C) groups is 2. The standard InChI is InChI=1S/C10H19N4O3/c1-14(4-6-17-7-5-14)13-8-11-9(15-2)12-10(13)16-3/h4-8H2,1-3H3/q+1. The van der Waals surface area contributed by atoms with E-state index in [1.165, 1.54) is 0 Å². The van der Waals surface area contributed by atoms with Crippen LogP contribution >= 0.6 is 0 Å². The summed E-state index contributed by atoms with van der Waals surface area (Å²) in [5.74, 6) is 0. The Morgan fingerprint density at radius 1 is 1.24 bits per heavy atom. The molecule has 0 aromatic rings. The summed E-state index contributed by atoms with van der Waals surface area (Å²) < 4.78 is 16.4. The molecule has 0 unspecified atom stereocenters. The highest BCUT2D eigenvalue weighted by molar-refractivity contribution is 5.90. The number of likely N-dealkylation sites (N-methyl/N-ethyl adjacent to an activating group) is 1. The molecular weight excluding hydrogens is 224 g/mol. The second kappa shape index (κ2) is 4.89. The maximum absolute atomic E-state index is 5.38. The van der Waals surface area contributed by atoms with Crippen LogP contribution < -0.4 is 0 Å². The zero-order valence-corrected chi connectivity index (χ0v) is 10.5. The maximum atomic E-state index is 5.38. The third-order valence-corrected chi connectivity index (χ3v) is 3.13. The van der Waals surface area contributed by atoms with E-state index in [0.29, 0.717) is 23.3 Å². The van der Waals surface area contributed by atoms with Crippen molar-refractivity contribution in [3.05, 3.63) is 0 Å². The fraction of sp³-hybridized carbons (Fsp3) is 0.800. The van der Waals surface area contributed by atoms with Crippen LogP contribution in [0.3, 0.4) is 0 Å². The van der Waals surface area contributed by atoms with Crippen molar-refractivity contribution in [3.63, 3.8) is 0 Å². The van der Waals surface area contributed by atoms with Gasteiger partial charge in [-0.05, 0) is 0 Å². The van der Waals surface area contributed by atoms with Crippen LogP contribution in [0, 0.1) is 0 Å². The Hall–Kier alpha value is -1.34. The highest BCUT2D eigenvalue weighted by atomic mass is 16.5. The predicted octanol–water partition coefficient (Wildman–Crippen LogP) is -0.344. The van der Waals surface area contributed by atoms with Crippen LogP contribution in [-0.4, -0.2) is 75.9 Å². The van der Waals surface area contributed by atoms with E-state index in [9.17, 15) is 0 Å². The summed E-state index contributed by atoms with van der Waals surface area (Å²) in [5.41, 5.74) is 0. The fourth-order valence-corrected chi connectivity index (χ4v) is 1.96. The zero-order chi connectivity index (χ0) is 12.3. The SMILES string of the molecule is COC1=NCN([N+]2(C)CCOCC2)C(OC)=N1. The summed E-state index contributed by atoms with van der Waals surface area (Å²) in [5, 5.41) is 2.02. The van der Waals surface area contributed by atoms with Crippen LogP contribution in [-0.2, 0) is 14.2 Å². The molecule has 1 saturated heterocycles. The first-order chi connectivity index (χ1) is 8.19. The molecule has 0 aliphatic carbocycles. The van der Waals surface area contributed by atoms with Crippen LogP contribution in [0.15, 0.2) is 9.98 Å². The van der Waals surface area contributed by atoms with Gasteiger partial charge in [0.25, 0.3) is 0 Å². The molecule has 17 heavy (non-hydrogen) atoms. The van der Waals surface area contributed by atoms with Crippen LogP contribution in [0.2, 0.25) is 0 Å². The number of amidine groups is 2. The van der Waals surface area contributed by atoms with Crippen molar-refractivity contribution >= 4 is 12.0 Å². The van der Waals surface area contributed by atoms with Gasteiger partial charge in [0.05, 0.1) is 34.5 Å². The highest BCUT2D eigenvalue weighted by Crippen LogP contribution is 2.17. The minimum atomic E-state index is 0.359. The van der Waals surface area contributed by atoms with Crippen LogP contribution in [0.25, 0.3) is 0 Å². The van der Waals surface area contributed by atoms with Gasteiger partial charge < -0.3 is 14.2 Å². The van der Waals surface area contributed by atoms with Crippen molar-refractivity contribution in [3.8, 4) is 0 Å². The monoisotopic (exact) mass is 243 g/mol. The molecule has 0 aromatic carbocycles. The normalized spacial score (nSPS) is 23.8. The van der Waals surface area contributed by atoms with Crippen molar-refractivity contribution in [1.29, 1.82) is 0 Å². The summed E-state index contributed by atoms with van der Waals surface area (Å²) in [6, 6.07) is 0.902. The minimum absolute atomic E-state index is 0.359. The number of ether oxygens (including phenoxy) is 3. The quantitative estimate of drug-likeness (QED) is 0.591. The van der Waals surface area contributed by atoms with Crippen molar-refractivity contribution in [2.75, 3.05) is 54.2 Å². The Balaban J connectivity index is 2.16. The van der Waals surface area contributed by atoms with Gasteiger partial charge in [0.1, 0.15) is 13.1 Å². The lowest BCUT2D eigenvalue weighted by Gasteiger charge is -2.44. The Labute approximate surface area is 101 Å². The third-order valence-electron chi connectivity index (χ3n) is 3.13. The molecular formula is C10H19N4O3+. The molecule has 0 radical (unpaired) electrons. The lowest BCUT2D eigenvalue weighted by molar-refractivity contribution is -1.01. The molecule has 1 fully saturated rings. The van der Waals surface area contributed by atoms with Crippen molar-refractivity contribution in [2.45, 2.75) is 0 Å². The van der Waals surface area contributed by atoms with Crippen LogP contribution in [0.1, 0.15) is 0 Å². The second-order valence-electron chi connectivity index (χ2n) is 4.18.